The minimum absolute atomic E-state index is 0.0469. The van der Waals surface area contributed by atoms with Gasteiger partial charge in [-0.3, -0.25) is 9.78 Å². The lowest BCUT2D eigenvalue weighted by Gasteiger charge is -2.28. The van der Waals surface area contributed by atoms with Gasteiger partial charge in [0.1, 0.15) is 0 Å². The van der Waals surface area contributed by atoms with Gasteiger partial charge < -0.3 is 20.1 Å². The lowest BCUT2D eigenvalue weighted by Crippen LogP contribution is -2.33. The van der Waals surface area contributed by atoms with Crippen molar-refractivity contribution in [3.8, 4) is 5.69 Å². The third kappa shape index (κ3) is 5.21. The molecular weight excluding hydrogens is 526 g/mol. The molecule has 0 unspecified atom stereocenters. The van der Waals surface area contributed by atoms with Crippen molar-refractivity contribution >= 4 is 39.7 Å². The van der Waals surface area contributed by atoms with Gasteiger partial charge in [-0.1, -0.05) is 60.2 Å². The van der Waals surface area contributed by atoms with Crippen LogP contribution in [0.25, 0.3) is 16.5 Å². The molecular formula is C34H33N5OS. The Bertz CT molecular complexity index is 1720. The molecule has 2 N–H and O–H groups in total. The standard InChI is InChI=1S/C34H33N5OS/c1-22-14-16-26(17-15-22)39-23(2)21-28(24(39)3)33-32(30-12-6-7-19-35-30)37-34(41)38(33)20-18-31(40)36-29-13-8-10-25-9-4-5-11-27(25)29/h4-17,19,21,32-33H,18,20H2,1-3H3,(H,36,40)(H,37,41)/t32-,33-/m1/s1. The summed E-state index contributed by atoms with van der Waals surface area (Å²) in [6, 6.07) is 30.6. The molecule has 6 nitrogen and oxygen atoms in total. The normalized spacial score (nSPS) is 16.7. The van der Waals surface area contributed by atoms with E-state index >= 15 is 0 Å². The number of amides is 1. The Morgan fingerprint density at radius 1 is 0.951 bits per heavy atom. The number of carbonyl (C=O) groups excluding carboxylic acids is 1. The number of benzene rings is 3. The molecule has 206 valence electrons. The van der Waals surface area contributed by atoms with Gasteiger partial charge in [0.05, 0.1) is 17.8 Å². The summed E-state index contributed by atoms with van der Waals surface area (Å²) >= 11 is 5.88. The molecule has 1 aliphatic rings. The summed E-state index contributed by atoms with van der Waals surface area (Å²) < 4.78 is 2.29. The van der Waals surface area contributed by atoms with Crippen molar-refractivity contribution in [2.45, 2.75) is 39.3 Å². The Labute approximate surface area is 246 Å². The van der Waals surface area contributed by atoms with Crippen LogP contribution < -0.4 is 10.6 Å². The molecule has 1 fully saturated rings. The predicted octanol–water partition coefficient (Wildman–Crippen LogP) is 6.95. The van der Waals surface area contributed by atoms with Crippen molar-refractivity contribution < 1.29 is 4.79 Å². The summed E-state index contributed by atoms with van der Waals surface area (Å²) in [4.78, 5) is 20.1. The smallest absolute Gasteiger partial charge is 0.226 e. The van der Waals surface area contributed by atoms with Gasteiger partial charge in [0, 0.05) is 47.3 Å². The third-order valence-corrected chi connectivity index (χ3v) is 8.27. The van der Waals surface area contributed by atoms with Crippen LogP contribution >= 0.6 is 12.2 Å². The molecule has 2 aromatic heterocycles. The first kappa shape index (κ1) is 26.7. The maximum atomic E-state index is 13.2. The average Bonchev–Trinajstić information content (AvgIpc) is 3.47. The number of thiocarbonyl (C=S) groups is 1. The largest absolute Gasteiger partial charge is 0.352 e. The van der Waals surface area contributed by atoms with E-state index in [0.29, 0.717) is 18.1 Å². The fourth-order valence-corrected chi connectivity index (χ4v) is 6.26. The number of fused-ring (bicyclic) bond motifs is 1. The van der Waals surface area contributed by atoms with Crippen molar-refractivity contribution in [3.63, 3.8) is 0 Å². The molecule has 0 radical (unpaired) electrons. The molecule has 3 heterocycles. The highest BCUT2D eigenvalue weighted by Crippen LogP contribution is 2.41. The second kappa shape index (κ2) is 11.2. The van der Waals surface area contributed by atoms with Gasteiger partial charge in [-0.05, 0) is 80.3 Å². The molecule has 3 aromatic carbocycles. The van der Waals surface area contributed by atoms with E-state index in [1.54, 1.807) is 0 Å². The third-order valence-electron chi connectivity index (χ3n) is 7.92. The number of rotatable bonds is 7. The first-order valence-electron chi connectivity index (χ1n) is 13.9. The molecule has 0 aliphatic carbocycles. The highest BCUT2D eigenvalue weighted by Gasteiger charge is 2.41. The summed E-state index contributed by atoms with van der Waals surface area (Å²) in [5.74, 6) is -0.0469. The van der Waals surface area contributed by atoms with Gasteiger partial charge in [-0.2, -0.15) is 0 Å². The molecule has 0 saturated carbocycles. The quantitative estimate of drug-likeness (QED) is 0.211. The van der Waals surface area contributed by atoms with Gasteiger partial charge in [0.2, 0.25) is 5.91 Å². The molecule has 1 aliphatic heterocycles. The van der Waals surface area contributed by atoms with Crippen molar-refractivity contribution in [2.24, 2.45) is 0 Å². The molecule has 0 bridgehead atoms. The Morgan fingerprint density at radius 2 is 1.71 bits per heavy atom. The molecule has 6 rings (SSSR count). The van der Waals surface area contributed by atoms with Crippen LogP contribution in [0, 0.1) is 20.8 Å². The predicted molar refractivity (Wildman–Crippen MR) is 169 cm³/mol. The molecule has 41 heavy (non-hydrogen) atoms. The maximum Gasteiger partial charge on any atom is 0.226 e. The van der Waals surface area contributed by atoms with E-state index in [9.17, 15) is 4.79 Å². The number of nitrogens with zero attached hydrogens (tertiary/aromatic N) is 3. The van der Waals surface area contributed by atoms with Gasteiger partial charge in [0.25, 0.3) is 0 Å². The van der Waals surface area contributed by atoms with E-state index < -0.39 is 0 Å². The zero-order valence-corrected chi connectivity index (χ0v) is 24.3. The van der Waals surface area contributed by atoms with E-state index in [1.807, 2.05) is 54.7 Å². The lowest BCUT2D eigenvalue weighted by molar-refractivity contribution is -0.116. The molecule has 2 atom stereocenters. The van der Waals surface area contributed by atoms with Crippen LogP contribution in [0.5, 0.6) is 0 Å². The Hall–Kier alpha value is -4.49. The van der Waals surface area contributed by atoms with Crippen LogP contribution in [0.4, 0.5) is 5.69 Å². The van der Waals surface area contributed by atoms with Crippen molar-refractivity contribution in [2.75, 3.05) is 11.9 Å². The minimum atomic E-state index is -0.142. The zero-order valence-electron chi connectivity index (χ0n) is 23.5. The Balaban J connectivity index is 1.31. The van der Waals surface area contributed by atoms with Crippen LogP contribution in [0.3, 0.4) is 0 Å². The van der Waals surface area contributed by atoms with Crippen molar-refractivity contribution in [3.05, 3.63) is 125 Å². The zero-order chi connectivity index (χ0) is 28.5. The van der Waals surface area contributed by atoms with Gasteiger partial charge in [-0.15, -0.1) is 0 Å². The Morgan fingerprint density at radius 3 is 2.49 bits per heavy atom. The van der Waals surface area contributed by atoms with Crippen LogP contribution in [0.2, 0.25) is 0 Å². The SMILES string of the molecule is Cc1ccc(-n2c(C)cc([C@@H]3[C@@H](c4ccccn4)NC(=S)N3CCC(=O)Nc3cccc4ccccc34)c2C)cc1. The summed E-state index contributed by atoms with van der Waals surface area (Å²) in [7, 11) is 0. The maximum absolute atomic E-state index is 13.2. The number of aryl methyl sites for hydroxylation is 2. The van der Waals surface area contributed by atoms with Gasteiger partial charge in [-0.25, -0.2) is 0 Å². The second-order valence-electron chi connectivity index (χ2n) is 10.6. The van der Waals surface area contributed by atoms with Crippen molar-refractivity contribution in [1.82, 2.24) is 19.8 Å². The molecule has 5 aromatic rings. The van der Waals surface area contributed by atoms with E-state index in [0.717, 1.165) is 39.2 Å². The summed E-state index contributed by atoms with van der Waals surface area (Å²) in [6.07, 6.45) is 2.11. The lowest BCUT2D eigenvalue weighted by atomic mass is 9.96. The fraction of sp³-hybridized carbons (Fsp3) is 0.206. The topological polar surface area (TPSA) is 62.2 Å². The van der Waals surface area contributed by atoms with Crippen molar-refractivity contribution in [1.29, 1.82) is 0 Å². The molecule has 0 spiro atoms. The number of nitrogens with one attached hydrogen (secondary N) is 2. The van der Waals surface area contributed by atoms with Crippen LogP contribution in [0.15, 0.2) is 97.2 Å². The van der Waals surface area contributed by atoms with E-state index in [-0.39, 0.29) is 18.0 Å². The number of aromatic nitrogens is 2. The highest BCUT2D eigenvalue weighted by molar-refractivity contribution is 7.80. The number of hydrogen-bond acceptors (Lipinski definition) is 3. The number of pyridine rings is 1. The minimum Gasteiger partial charge on any atom is -0.352 e. The van der Waals surface area contributed by atoms with E-state index in [2.05, 4.69) is 88.3 Å². The first-order valence-corrected chi connectivity index (χ1v) is 14.3. The first-order chi connectivity index (χ1) is 19.9. The summed E-state index contributed by atoms with van der Waals surface area (Å²) in [5, 5.41) is 9.40. The van der Waals surface area contributed by atoms with E-state index in [4.69, 9.17) is 12.2 Å². The fourth-order valence-electron chi connectivity index (χ4n) is 5.93. The Kier molecular flexibility index (Phi) is 7.28. The van der Waals surface area contributed by atoms with Crippen LogP contribution in [0.1, 0.15) is 46.7 Å². The van der Waals surface area contributed by atoms with E-state index in [1.165, 1.54) is 11.1 Å². The average molecular weight is 560 g/mol. The highest BCUT2D eigenvalue weighted by atomic mass is 32.1. The molecule has 1 amide bonds. The molecule has 1 saturated heterocycles. The van der Waals surface area contributed by atoms with Crippen LogP contribution in [-0.2, 0) is 4.79 Å². The monoisotopic (exact) mass is 559 g/mol. The summed E-state index contributed by atoms with van der Waals surface area (Å²) in [5.41, 5.74) is 7.55. The summed E-state index contributed by atoms with van der Waals surface area (Å²) in [6.45, 7) is 6.87. The second-order valence-corrected chi connectivity index (χ2v) is 11.0. The van der Waals surface area contributed by atoms with Gasteiger partial charge in [0.15, 0.2) is 5.11 Å². The number of carbonyl (C=O) groups is 1. The van der Waals surface area contributed by atoms with Gasteiger partial charge >= 0.3 is 0 Å². The number of anilines is 1. The molecule has 7 heteroatoms. The number of hydrogen-bond donors (Lipinski definition) is 2. The van der Waals surface area contributed by atoms with Crippen LogP contribution in [-0.4, -0.2) is 32.0 Å².